The molecule has 0 fully saturated rings. The molecular formula is C23H36N6O. The van der Waals surface area contributed by atoms with Gasteiger partial charge in [0.2, 0.25) is 0 Å². The predicted molar refractivity (Wildman–Crippen MR) is 121 cm³/mol. The number of hydrogen-bond donors (Lipinski definition) is 2. The van der Waals surface area contributed by atoms with Gasteiger partial charge in [-0.1, -0.05) is 18.6 Å². The number of guanidine groups is 1. The minimum Gasteiger partial charge on any atom is -0.494 e. The summed E-state index contributed by atoms with van der Waals surface area (Å²) < 4.78 is 8.11. The first-order valence-corrected chi connectivity index (χ1v) is 11.4. The molecule has 1 aliphatic rings. The Bertz CT molecular complexity index is 829. The summed E-state index contributed by atoms with van der Waals surface area (Å²) in [6.07, 6.45) is 6.75. The normalized spacial score (nSPS) is 14.2. The van der Waals surface area contributed by atoms with Crippen LogP contribution in [-0.2, 0) is 25.9 Å². The number of benzene rings is 1. The van der Waals surface area contributed by atoms with Crippen LogP contribution in [0.4, 0.5) is 0 Å². The van der Waals surface area contributed by atoms with Gasteiger partial charge >= 0.3 is 0 Å². The van der Waals surface area contributed by atoms with E-state index in [1.54, 1.807) is 0 Å². The lowest BCUT2D eigenvalue weighted by atomic mass is 10.1. The smallest absolute Gasteiger partial charge is 0.191 e. The Morgan fingerprint density at radius 3 is 2.90 bits per heavy atom. The van der Waals surface area contributed by atoms with Crippen LogP contribution in [0.2, 0.25) is 0 Å². The summed E-state index contributed by atoms with van der Waals surface area (Å²) in [6, 6.07) is 6.29. The number of nitrogens with zero attached hydrogens (tertiary/aromatic N) is 4. The van der Waals surface area contributed by atoms with Crippen LogP contribution < -0.4 is 15.4 Å². The van der Waals surface area contributed by atoms with Gasteiger partial charge in [-0.3, -0.25) is 0 Å². The lowest BCUT2D eigenvalue weighted by Crippen LogP contribution is -2.38. The monoisotopic (exact) mass is 412 g/mol. The van der Waals surface area contributed by atoms with Crippen LogP contribution >= 0.6 is 0 Å². The molecule has 0 saturated carbocycles. The number of aliphatic imine (C=N–C) groups is 1. The fraction of sp³-hybridized carbons (Fsp3) is 0.609. The molecule has 0 atom stereocenters. The molecule has 0 bridgehead atoms. The number of aryl methyl sites for hydroxylation is 3. The molecule has 7 heteroatoms. The van der Waals surface area contributed by atoms with Gasteiger partial charge in [0.05, 0.1) is 13.2 Å². The summed E-state index contributed by atoms with van der Waals surface area (Å²) in [5.74, 6) is 4.04. The average molecular weight is 413 g/mol. The maximum atomic E-state index is 5.78. The van der Waals surface area contributed by atoms with Gasteiger partial charge in [0.15, 0.2) is 5.96 Å². The second kappa shape index (κ2) is 11.6. The maximum absolute atomic E-state index is 5.78. The van der Waals surface area contributed by atoms with Crippen LogP contribution in [0.5, 0.6) is 5.75 Å². The number of hydrogen-bond acceptors (Lipinski definition) is 4. The van der Waals surface area contributed by atoms with Crippen LogP contribution in [0.3, 0.4) is 0 Å². The molecule has 30 heavy (non-hydrogen) atoms. The Labute approximate surface area is 180 Å². The fourth-order valence-corrected chi connectivity index (χ4v) is 3.77. The molecule has 7 nitrogen and oxygen atoms in total. The minimum atomic E-state index is 0.586. The molecule has 0 unspecified atom stereocenters. The van der Waals surface area contributed by atoms with E-state index in [2.05, 4.69) is 57.4 Å². The lowest BCUT2D eigenvalue weighted by molar-refractivity contribution is 0.336. The molecule has 0 amide bonds. The van der Waals surface area contributed by atoms with E-state index in [4.69, 9.17) is 9.73 Å². The van der Waals surface area contributed by atoms with Crippen LogP contribution in [0, 0.1) is 6.92 Å². The standard InChI is InChI=1S/C23H36N6O/c1-4-24-23(26-17-19-13-12-18(3)16-20(19)30-5-2)25-14-9-11-22-28-27-21-10-7-6-8-15-29(21)22/h12-13,16H,4-11,14-15,17H2,1-3H3,(H2,24,25,26). The lowest BCUT2D eigenvalue weighted by Gasteiger charge is -2.13. The van der Waals surface area contributed by atoms with Crippen molar-refractivity contribution in [2.45, 2.75) is 72.4 Å². The number of fused-ring (bicyclic) bond motifs is 1. The highest BCUT2D eigenvalue weighted by atomic mass is 16.5. The number of nitrogens with one attached hydrogen (secondary N) is 2. The van der Waals surface area contributed by atoms with Crippen LogP contribution in [-0.4, -0.2) is 40.4 Å². The predicted octanol–water partition coefficient (Wildman–Crippen LogP) is 3.40. The molecule has 0 radical (unpaired) electrons. The highest BCUT2D eigenvalue weighted by Crippen LogP contribution is 2.21. The minimum absolute atomic E-state index is 0.586. The van der Waals surface area contributed by atoms with Crippen LogP contribution in [0.1, 0.15) is 62.3 Å². The Hall–Kier alpha value is -2.57. The molecule has 1 aromatic carbocycles. The summed E-state index contributed by atoms with van der Waals surface area (Å²) in [5.41, 5.74) is 2.30. The maximum Gasteiger partial charge on any atom is 0.191 e. The second-order valence-electron chi connectivity index (χ2n) is 7.76. The fourth-order valence-electron chi connectivity index (χ4n) is 3.77. The molecule has 1 aromatic heterocycles. The third-order valence-corrected chi connectivity index (χ3v) is 5.33. The topological polar surface area (TPSA) is 76.4 Å². The molecule has 164 valence electrons. The molecule has 2 aromatic rings. The molecular weight excluding hydrogens is 376 g/mol. The van der Waals surface area contributed by atoms with E-state index in [1.165, 1.54) is 24.8 Å². The van der Waals surface area contributed by atoms with Gasteiger partial charge in [0.1, 0.15) is 17.4 Å². The van der Waals surface area contributed by atoms with Crippen molar-refractivity contribution in [3.8, 4) is 5.75 Å². The molecule has 1 aliphatic heterocycles. The van der Waals surface area contributed by atoms with Gasteiger partial charge < -0.3 is 19.9 Å². The van der Waals surface area contributed by atoms with Gasteiger partial charge in [-0.2, -0.15) is 0 Å². The zero-order valence-electron chi connectivity index (χ0n) is 18.7. The molecule has 0 saturated heterocycles. The summed E-state index contributed by atoms with van der Waals surface area (Å²) in [6.45, 7) is 10.2. The Morgan fingerprint density at radius 1 is 1.17 bits per heavy atom. The third kappa shape index (κ3) is 6.21. The molecule has 2 N–H and O–H groups in total. The van der Waals surface area contributed by atoms with E-state index in [0.717, 1.165) is 67.8 Å². The molecule has 3 rings (SSSR count). The van der Waals surface area contributed by atoms with E-state index in [-0.39, 0.29) is 0 Å². The summed E-state index contributed by atoms with van der Waals surface area (Å²) in [5, 5.41) is 15.6. The largest absolute Gasteiger partial charge is 0.494 e. The van der Waals surface area contributed by atoms with E-state index in [1.807, 2.05) is 6.92 Å². The Balaban J connectivity index is 1.53. The first kappa shape index (κ1) is 22.1. The van der Waals surface area contributed by atoms with Crippen molar-refractivity contribution in [2.24, 2.45) is 4.99 Å². The SMILES string of the molecule is CCNC(=NCc1ccc(C)cc1OCC)NCCCc1nnc2n1CCCCC2. The number of ether oxygens (including phenoxy) is 1. The highest BCUT2D eigenvalue weighted by Gasteiger charge is 2.14. The third-order valence-electron chi connectivity index (χ3n) is 5.33. The van der Waals surface area contributed by atoms with Crippen LogP contribution in [0.25, 0.3) is 0 Å². The first-order valence-electron chi connectivity index (χ1n) is 11.4. The van der Waals surface area contributed by atoms with E-state index in [0.29, 0.717) is 13.2 Å². The zero-order valence-corrected chi connectivity index (χ0v) is 18.7. The van der Waals surface area contributed by atoms with E-state index >= 15 is 0 Å². The molecule has 2 heterocycles. The van der Waals surface area contributed by atoms with Crippen molar-refractivity contribution in [1.29, 1.82) is 0 Å². The van der Waals surface area contributed by atoms with Gasteiger partial charge in [0.25, 0.3) is 0 Å². The zero-order chi connectivity index (χ0) is 21.2. The molecule has 0 aliphatic carbocycles. The van der Waals surface area contributed by atoms with E-state index in [9.17, 15) is 0 Å². The second-order valence-corrected chi connectivity index (χ2v) is 7.76. The molecule has 0 spiro atoms. The van der Waals surface area contributed by atoms with Crippen molar-refractivity contribution in [3.05, 3.63) is 41.0 Å². The van der Waals surface area contributed by atoms with Crippen molar-refractivity contribution >= 4 is 5.96 Å². The summed E-state index contributed by atoms with van der Waals surface area (Å²) in [4.78, 5) is 4.75. The van der Waals surface area contributed by atoms with E-state index < -0.39 is 0 Å². The summed E-state index contributed by atoms with van der Waals surface area (Å²) in [7, 11) is 0. The quantitative estimate of drug-likeness (QED) is 0.375. The number of aromatic nitrogens is 3. The average Bonchev–Trinajstić information content (AvgIpc) is 2.96. The van der Waals surface area contributed by atoms with Gasteiger partial charge in [-0.05, 0) is 51.7 Å². The Morgan fingerprint density at radius 2 is 2.07 bits per heavy atom. The van der Waals surface area contributed by atoms with Crippen molar-refractivity contribution in [1.82, 2.24) is 25.4 Å². The van der Waals surface area contributed by atoms with Gasteiger partial charge in [0, 0.05) is 38.0 Å². The number of rotatable bonds is 9. The van der Waals surface area contributed by atoms with Gasteiger partial charge in [-0.15, -0.1) is 10.2 Å². The van der Waals surface area contributed by atoms with Crippen LogP contribution in [0.15, 0.2) is 23.2 Å². The Kier molecular flexibility index (Phi) is 8.53. The van der Waals surface area contributed by atoms with Crippen molar-refractivity contribution < 1.29 is 4.74 Å². The van der Waals surface area contributed by atoms with Crippen molar-refractivity contribution in [3.63, 3.8) is 0 Å². The van der Waals surface area contributed by atoms with Gasteiger partial charge in [-0.25, -0.2) is 4.99 Å². The van der Waals surface area contributed by atoms with Crippen molar-refractivity contribution in [2.75, 3.05) is 19.7 Å². The first-order chi connectivity index (χ1) is 14.7. The highest BCUT2D eigenvalue weighted by molar-refractivity contribution is 5.79. The summed E-state index contributed by atoms with van der Waals surface area (Å²) >= 11 is 0.